The molecule has 198 valence electrons. The van der Waals surface area contributed by atoms with Gasteiger partial charge in [0.1, 0.15) is 11.6 Å². The summed E-state index contributed by atoms with van der Waals surface area (Å²) in [6.07, 6.45) is 7.28. The minimum atomic E-state index is -0.272. The lowest BCUT2D eigenvalue weighted by Crippen LogP contribution is -2.45. The topological polar surface area (TPSA) is 120 Å². The van der Waals surface area contributed by atoms with E-state index >= 15 is 0 Å². The number of piperidine rings is 1. The van der Waals surface area contributed by atoms with Crippen LogP contribution in [0.2, 0.25) is 0 Å². The lowest BCUT2D eigenvalue weighted by atomic mass is 9.73. The highest BCUT2D eigenvalue weighted by Gasteiger charge is 2.46. The van der Waals surface area contributed by atoms with Crippen molar-refractivity contribution in [2.75, 3.05) is 40.9 Å². The number of amides is 1. The largest absolute Gasteiger partial charge is 0.355 e. The minimum absolute atomic E-state index is 0.0139. The zero-order valence-corrected chi connectivity index (χ0v) is 21.4. The number of H-pyrrole nitrogens is 1. The highest BCUT2D eigenvalue weighted by atomic mass is 19.1. The number of carbonyl (C=O) groups excluding carboxylic acids is 1. The standard InChI is InChI=1S/C28H28FN9O/c29-18-4-5-20-24-16(18)3-6-22(39)38(24)13-12-37(20)27-23-26(34-35-27)33-21(15-32-23)36-10-7-28(8-11-36)14-19-17(25(28)30)2-1-9-31-19/h1-2,4-5,9,15,25H,3,6-8,10-14,30H2,(H,33,34,35)/t25-/m1/s1. The summed E-state index contributed by atoms with van der Waals surface area (Å²) in [5.74, 6) is 1.21. The summed E-state index contributed by atoms with van der Waals surface area (Å²) in [4.78, 5) is 32.8. The van der Waals surface area contributed by atoms with Crippen molar-refractivity contribution in [2.24, 2.45) is 11.1 Å². The van der Waals surface area contributed by atoms with Crippen LogP contribution < -0.4 is 20.4 Å². The van der Waals surface area contributed by atoms with E-state index in [0.29, 0.717) is 54.2 Å². The molecule has 1 amide bonds. The maximum Gasteiger partial charge on any atom is 0.227 e. The third-order valence-electron chi connectivity index (χ3n) is 9.22. The van der Waals surface area contributed by atoms with Crippen LogP contribution in [0.3, 0.4) is 0 Å². The fraction of sp³-hybridized carbons (Fsp3) is 0.393. The van der Waals surface area contributed by atoms with Gasteiger partial charge in [-0.1, -0.05) is 6.07 Å². The van der Waals surface area contributed by atoms with Crippen LogP contribution in [0.5, 0.6) is 0 Å². The van der Waals surface area contributed by atoms with Crippen LogP contribution in [0.1, 0.15) is 42.1 Å². The number of nitrogens with zero attached hydrogens (tertiary/aromatic N) is 7. The van der Waals surface area contributed by atoms with Crippen molar-refractivity contribution < 1.29 is 9.18 Å². The lowest BCUT2D eigenvalue weighted by Gasteiger charge is -2.42. The Balaban J connectivity index is 1.07. The molecule has 1 aromatic carbocycles. The molecule has 0 radical (unpaired) electrons. The molecule has 11 heteroatoms. The van der Waals surface area contributed by atoms with E-state index in [9.17, 15) is 9.18 Å². The molecular formula is C28H28FN9O. The first-order valence-electron chi connectivity index (χ1n) is 13.6. The van der Waals surface area contributed by atoms with Gasteiger partial charge >= 0.3 is 0 Å². The number of halogens is 1. The van der Waals surface area contributed by atoms with E-state index in [-0.39, 0.29) is 23.2 Å². The number of rotatable bonds is 2. The van der Waals surface area contributed by atoms with Crippen LogP contribution in [0.25, 0.3) is 11.2 Å². The Morgan fingerprint density at radius 2 is 1.90 bits per heavy atom. The number of nitrogens with one attached hydrogen (secondary N) is 1. The second-order valence-corrected chi connectivity index (χ2v) is 11.1. The molecule has 1 fully saturated rings. The van der Waals surface area contributed by atoms with Crippen molar-refractivity contribution in [3.63, 3.8) is 0 Å². The van der Waals surface area contributed by atoms with Crippen molar-refractivity contribution in [2.45, 2.75) is 38.1 Å². The molecule has 0 bridgehead atoms. The molecular weight excluding hydrogens is 497 g/mol. The van der Waals surface area contributed by atoms with E-state index in [2.05, 4.69) is 26.1 Å². The summed E-state index contributed by atoms with van der Waals surface area (Å²) >= 11 is 0. The zero-order valence-electron chi connectivity index (χ0n) is 21.4. The van der Waals surface area contributed by atoms with E-state index in [0.717, 1.165) is 49.6 Å². The SMILES string of the molecule is N[C@@H]1c2cccnc2CC12CCN(c1cnc3c(N4CCN5C(=O)CCc6c(F)ccc4c65)n[nH]c3n1)CC2. The molecule has 1 aliphatic carbocycles. The second-order valence-electron chi connectivity index (χ2n) is 11.1. The summed E-state index contributed by atoms with van der Waals surface area (Å²) in [5.41, 5.74) is 12.4. The zero-order chi connectivity index (χ0) is 26.3. The Morgan fingerprint density at radius 3 is 2.74 bits per heavy atom. The number of aromatic nitrogens is 5. The molecule has 6 heterocycles. The number of nitrogens with two attached hydrogens (primary N) is 1. The van der Waals surface area contributed by atoms with Gasteiger partial charge in [-0.25, -0.2) is 14.4 Å². The molecule has 3 N–H and O–H groups in total. The van der Waals surface area contributed by atoms with E-state index in [1.165, 1.54) is 11.6 Å². The van der Waals surface area contributed by atoms with Gasteiger partial charge in [0, 0.05) is 56.1 Å². The normalized spacial score (nSPS) is 21.5. The first kappa shape index (κ1) is 22.8. The van der Waals surface area contributed by atoms with Crippen molar-refractivity contribution in [3.05, 3.63) is 59.3 Å². The number of hydrogen-bond donors (Lipinski definition) is 2. The van der Waals surface area contributed by atoms with Gasteiger partial charge in [-0.05, 0) is 54.9 Å². The van der Waals surface area contributed by atoms with Crippen molar-refractivity contribution in [3.8, 4) is 0 Å². The molecule has 1 spiro atoms. The predicted octanol–water partition coefficient (Wildman–Crippen LogP) is 3.16. The second kappa shape index (κ2) is 8.19. The third kappa shape index (κ3) is 3.25. The Hall–Kier alpha value is -4.12. The van der Waals surface area contributed by atoms with Crippen molar-refractivity contribution in [1.29, 1.82) is 0 Å². The molecule has 3 aromatic heterocycles. The van der Waals surface area contributed by atoms with Crippen LogP contribution in [0, 0.1) is 11.2 Å². The van der Waals surface area contributed by atoms with Gasteiger partial charge in [-0.3, -0.25) is 14.9 Å². The van der Waals surface area contributed by atoms with E-state index in [1.807, 2.05) is 23.4 Å². The number of carbonyl (C=O) groups is 1. The predicted molar refractivity (Wildman–Crippen MR) is 145 cm³/mol. The van der Waals surface area contributed by atoms with E-state index in [1.54, 1.807) is 11.0 Å². The molecule has 4 aliphatic rings. The lowest BCUT2D eigenvalue weighted by molar-refractivity contribution is -0.118. The molecule has 39 heavy (non-hydrogen) atoms. The van der Waals surface area contributed by atoms with Crippen LogP contribution in [-0.4, -0.2) is 57.2 Å². The Kier molecular flexibility index (Phi) is 4.79. The summed E-state index contributed by atoms with van der Waals surface area (Å²) in [7, 11) is 0. The fourth-order valence-corrected chi connectivity index (χ4v) is 7.07. The van der Waals surface area contributed by atoms with Gasteiger partial charge in [0.25, 0.3) is 0 Å². The van der Waals surface area contributed by atoms with Gasteiger partial charge in [0.2, 0.25) is 5.91 Å². The van der Waals surface area contributed by atoms with E-state index < -0.39 is 0 Å². The summed E-state index contributed by atoms with van der Waals surface area (Å²) < 4.78 is 14.6. The van der Waals surface area contributed by atoms with Crippen LogP contribution in [0.15, 0.2) is 36.7 Å². The van der Waals surface area contributed by atoms with Gasteiger partial charge in [0.05, 0.1) is 17.6 Å². The van der Waals surface area contributed by atoms with Gasteiger partial charge < -0.3 is 20.4 Å². The number of hydrogen-bond acceptors (Lipinski definition) is 8. The number of fused-ring (bicyclic) bond motifs is 2. The van der Waals surface area contributed by atoms with Gasteiger partial charge in [0.15, 0.2) is 17.0 Å². The maximum absolute atomic E-state index is 14.6. The molecule has 3 aliphatic heterocycles. The number of anilines is 4. The molecule has 1 saturated heterocycles. The Morgan fingerprint density at radius 1 is 1.05 bits per heavy atom. The minimum Gasteiger partial charge on any atom is -0.355 e. The average Bonchev–Trinajstić information content (AvgIpc) is 3.50. The summed E-state index contributed by atoms with van der Waals surface area (Å²) in [6, 6.07) is 7.31. The van der Waals surface area contributed by atoms with Crippen LogP contribution >= 0.6 is 0 Å². The van der Waals surface area contributed by atoms with E-state index in [4.69, 9.17) is 15.7 Å². The molecule has 8 rings (SSSR count). The monoisotopic (exact) mass is 525 g/mol. The molecule has 4 aromatic rings. The van der Waals surface area contributed by atoms with Crippen molar-refractivity contribution in [1.82, 2.24) is 25.1 Å². The van der Waals surface area contributed by atoms with Crippen molar-refractivity contribution >= 4 is 40.1 Å². The molecule has 0 saturated carbocycles. The number of benzene rings is 1. The Bertz CT molecular complexity index is 1640. The number of pyridine rings is 1. The molecule has 10 nitrogen and oxygen atoms in total. The fourth-order valence-electron chi connectivity index (χ4n) is 7.07. The summed E-state index contributed by atoms with van der Waals surface area (Å²) in [5, 5.41) is 7.63. The smallest absolute Gasteiger partial charge is 0.227 e. The molecule has 0 unspecified atom stereocenters. The number of aromatic amines is 1. The van der Waals surface area contributed by atoms with Gasteiger partial charge in [-0.15, -0.1) is 0 Å². The quantitative estimate of drug-likeness (QED) is 0.410. The highest BCUT2D eigenvalue weighted by molar-refractivity contribution is 6.03. The maximum atomic E-state index is 14.6. The van der Waals surface area contributed by atoms with Crippen LogP contribution in [0.4, 0.5) is 27.4 Å². The van der Waals surface area contributed by atoms with Gasteiger partial charge in [-0.2, -0.15) is 5.10 Å². The molecule has 1 atom stereocenters. The summed E-state index contributed by atoms with van der Waals surface area (Å²) in [6.45, 7) is 2.71. The first-order valence-corrected chi connectivity index (χ1v) is 13.6. The third-order valence-corrected chi connectivity index (χ3v) is 9.22. The Labute approximate surface area is 224 Å². The van der Waals surface area contributed by atoms with Crippen LogP contribution in [-0.2, 0) is 17.6 Å². The highest BCUT2D eigenvalue weighted by Crippen LogP contribution is 2.50. The first-order chi connectivity index (χ1) is 19.0. The average molecular weight is 526 g/mol.